The molecule has 1 aromatic rings. The van der Waals surface area contributed by atoms with Gasteiger partial charge in [0.2, 0.25) is 5.88 Å². The van der Waals surface area contributed by atoms with Gasteiger partial charge in [0.05, 0.1) is 24.4 Å². The highest BCUT2D eigenvalue weighted by Gasteiger charge is 2.25. The highest BCUT2D eigenvalue weighted by Crippen LogP contribution is 2.26. The molecule has 1 aliphatic carbocycles. The molecule has 0 aliphatic heterocycles. The molecular weight excluding hydrogens is 272 g/mol. The minimum atomic E-state index is -0.673. The third-order valence-corrected chi connectivity index (χ3v) is 3.72. The Balaban J connectivity index is 1.77. The van der Waals surface area contributed by atoms with E-state index in [1.165, 1.54) is 0 Å². The first-order valence-electron chi connectivity index (χ1n) is 7.26. The molecule has 1 saturated carbocycles. The monoisotopic (exact) mass is 294 g/mol. The van der Waals surface area contributed by atoms with Crippen LogP contribution in [0.5, 0.6) is 5.88 Å². The summed E-state index contributed by atoms with van der Waals surface area (Å²) in [5, 5.41) is 12.4. The molecule has 0 atom stereocenters. The summed E-state index contributed by atoms with van der Waals surface area (Å²) < 4.78 is 10.3. The van der Waals surface area contributed by atoms with Crippen molar-refractivity contribution in [2.24, 2.45) is 5.92 Å². The molecule has 1 aliphatic rings. The van der Waals surface area contributed by atoms with Gasteiger partial charge in [-0.1, -0.05) is 0 Å². The number of hydrogen-bond donors (Lipinski definition) is 2. The topological polar surface area (TPSA) is 80.7 Å². The molecule has 0 aromatic carbocycles. The molecule has 0 bridgehead atoms. The van der Waals surface area contributed by atoms with E-state index in [2.05, 4.69) is 10.3 Å². The number of pyridine rings is 1. The normalized spacial score (nSPS) is 21.8. The average Bonchev–Trinajstić information content (AvgIpc) is 2.50. The Morgan fingerprint density at radius 3 is 2.67 bits per heavy atom. The van der Waals surface area contributed by atoms with Crippen LogP contribution >= 0.6 is 0 Å². The number of ether oxygens (including phenoxy) is 2. The first kappa shape index (κ1) is 15.6. The second kappa shape index (κ2) is 7.83. The van der Waals surface area contributed by atoms with E-state index in [0.717, 1.165) is 31.4 Å². The van der Waals surface area contributed by atoms with E-state index < -0.39 is 5.97 Å². The lowest BCUT2D eigenvalue weighted by atomic mass is 9.86. The Hall–Kier alpha value is -1.82. The largest absolute Gasteiger partial charge is 0.481 e. The summed E-state index contributed by atoms with van der Waals surface area (Å²) in [6.07, 6.45) is 4.97. The summed E-state index contributed by atoms with van der Waals surface area (Å²) in [5.74, 6) is -0.280. The van der Waals surface area contributed by atoms with Crippen LogP contribution in [0.3, 0.4) is 0 Å². The molecular formula is C15H22N2O4. The molecule has 116 valence electrons. The SMILES string of the molecule is COCCOc1ccc(NC2CCC(C(=O)O)CC2)cn1. The molecule has 1 heterocycles. The zero-order valence-corrected chi connectivity index (χ0v) is 12.2. The number of anilines is 1. The molecule has 1 fully saturated rings. The zero-order chi connectivity index (χ0) is 15.1. The lowest BCUT2D eigenvalue weighted by Crippen LogP contribution is -2.29. The lowest BCUT2D eigenvalue weighted by molar-refractivity contribution is -0.142. The van der Waals surface area contributed by atoms with Gasteiger partial charge in [-0.05, 0) is 31.7 Å². The number of nitrogens with zero attached hydrogens (tertiary/aromatic N) is 1. The van der Waals surface area contributed by atoms with Gasteiger partial charge < -0.3 is 19.9 Å². The van der Waals surface area contributed by atoms with E-state index >= 15 is 0 Å². The van der Waals surface area contributed by atoms with Crippen LogP contribution in [-0.4, -0.2) is 42.4 Å². The van der Waals surface area contributed by atoms with Crippen molar-refractivity contribution in [2.45, 2.75) is 31.7 Å². The van der Waals surface area contributed by atoms with Gasteiger partial charge in [0.25, 0.3) is 0 Å². The number of carbonyl (C=O) groups is 1. The highest BCUT2D eigenvalue weighted by molar-refractivity contribution is 5.70. The van der Waals surface area contributed by atoms with Crippen LogP contribution in [0.25, 0.3) is 0 Å². The predicted molar refractivity (Wildman–Crippen MR) is 78.6 cm³/mol. The fourth-order valence-corrected chi connectivity index (χ4v) is 2.50. The summed E-state index contributed by atoms with van der Waals surface area (Å²) in [7, 11) is 1.63. The minimum absolute atomic E-state index is 0.183. The number of aliphatic carboxylic acids is 1. The summed E-state index contributed by atoms with van der Waals surface area (Å²) in [6, 6.07) is 4.07. The number of carboxylic acids is 1. The fraction of sp³-hybridized carbons (Fsp3) is 0.600. The van der Waals surface area contributed by atoms with Crippen LogP contribution in [0, 0.1) is 5.92 Å². The van der Waals surface area contributed by atoms with E-state index in [4.69, 9.17) is 14.6 Å². The Morgan fingerprint density at radius 1 is 1.33 bits per heavy atom. The molecule has 0 unspecified atom stereocenters. The maximum Gasteiger partial charge on any atom is 0.306 e. The smallest absolute Gasteiger partial charge is 0.306 e. The molecule has 6 nitrogen and oxygen atoms in total. The van der Waals surface area contributed by atoms with Crippen LogP contribution in [0.2, 0.25) is 0 Å². The Bertz CT molecular complexity index is 441. The summed E-state index contributed by atoms with van der Waals surface area (Å²) in [5.41, 5.74) is 0.938. The van der Waals surface area contributed by atoms with E-state index in [0.29, 0.717) is 25.1 Å². The Kier molecular flexibility index (Phi) is 5.80. The molecule has 2 rings (SSSR count). The first-order valence-corrected chi connectivity index (χ1v) is 7.26. The van der Waals surface area contributed by atoms with Crippen LogP contribution in [0.15, 0.2) is 18.3 Å². The Morgan fingerprint density at radius 2 is 2.10 bits per heavy atom. The first-order chi connectivity index (χ1) is 10.2. The van der Waals surface area contributed by atoms with Gasteiger partial charge in [-0.15, -0.1) is 0 Å². The molecule has 21 heavy (non-hydrogen) atoms. The number of methoxy groups -OCH3 is 1. The van der Waals surface area contributed by atoms with Crippen molar-refractivity contribution in [1.82, 2.24) is 4.98 Å². The van der Waals surface area contributed by atoms with Crippen LogP contribution in [0.1, 0.15) is 25.7 Å². The lowest BCUT2D eigenvalue weighted by Gasteiger charge is -2.27. The van der Waals surface area contributed by atoms with Crippen molar-refractivity contribution in [3.05, 3.63) is 18.3 Å². The van der Waals surface area contributed by atoms with Gasteiger partial charge in [0.1, 0.15) is 6.61 Å². The third kappa shape index (κ3) is 4.90. The van der Waals surface area contributed by atoms with Gasteiger partial charge in [0, 0.05) is 19.2 Å². The van der Waals surface area contributed by atoms with Crippen molar-refractivity contribution in [3.8, 4) is 5.88 Å². The van der Waals surface area contributed by atoms with Gasteiger partial charge in [-0.2, -0.15) is 0 Å². The van der Waals surface area contributed by atoms with Crippen molar-refractivity contribution in [2.75, 3.05) is 25.6 Å². The zero-order valence-electron chi connectivity index (χ0n) is 12.2. The molecule has 1 aromatic heterocycles. The number of carboxylic acid groups (broad SMARTS) is 1. The van der Waals surface area contributed by atoms with E-state index in [9.17, 15) is 4.79 Å². The predicted octanol–water partition coefficient (Wildman–Crippen LogP) is 2.16. The highest BCUT2D eigenvalue weighted by atomic mass is 16.5. The number of aromatic nitrogens is 1. The summed E-state index contributed by atoms with van der Waals surface area (Å²) in [6.45, 7) is 1.02. The van der Waals surface area contributed by atoms with E-state index in [1.54, 1.807) is 13.3 Å². The van der Waals surface area contributed by atoms with Gasteiger partial charge >= 0.3 is 5.97 Å². The third-order valence-electron chi connectivity index (χ3n) is 3.72. The fourth-order valence-electron chi connectivity index (χ4n) is 2.50. The molecule has 0 spiro atoms. The molecule has 0 radical (unpaired) electrons. The van der Waals surface area contributed by atoms with Crippen molar-refractivity contribution >= 4 is 11.7 Å². The molecule has 0 saturated heterocycles. The quantitative estimate of drug-likeness (QED) is 0.750. The van der Waals surface area contributed by atoms with Crippen LogP contribution in [-0.2, 0) is 9.53 Å². The van der Waals surface area contributed by atoms with Crippen LogP contribution < -0.4 is 10.1 Å². The number of rotatable bonds is 7. The molecule has 6 heteroatoms. The van der Waals surface area contributed by atoms with Crippen molar-refractivity contribution in [1.29, 1.82) is 0 Å². The second-order valence-electron chi connectivity index (χ2n) is 5.26. The van der Waals surface area contributed by atoms with Gasteiger partial charge in [-0.25, -0.2) is 4.98 Å². The van der Waals surface area contributed by atoms with Crippen molar-refractivity contribution in [3.63, 3.8) is 0 Å². The molecule has 0 amide bonds. The minimum Gasteiger partial charge on any atom is -0.481 e. The maximum absolute atomic E-state index is 10.9. The van der Waals surface area contributed by atoms with E-state index in [1.807, 2.05) is 12.1 Å². The van der Waals surface area contributed by atoms with Gasteiger partial charge in [0.15, 0.2) is 0 Å². The van der Waals surface area contributed by atoms with E-state index in [-0.39, 0.29) is 5.92 Å². The van der Waals surface area contributed by atoms with Gasteiger partial charge in [-0.3, -0.25) is 4.79 Å². The maximum atomic E-state index is 10.9. The van der Waals surface area contributed by atoms with Crippen molar-refractivity contribution < 1.29 is 19.4 Å². The Labute approximate surface area is 124 Å². The number of hydrogen-bond acceptors (Lipinski definition) is 5. The number of nitrogens with one attached hydrogen (secondary N) is 1. The summed E-state index contributed by atoms with van der Waals surface area (Å²) in [4.78, 5) is 15.1. The average molecular weight is 294 g/mol. The van der Waals surface area contributed by atoms with Crippen LogP contribution in [0.4, 0.5) is 5.69 Å². The second-order valence-corrected chi connectivity index (χ2v) is 5.26. The standard InChI is InChI=1S/C15H22N2O4/c1-20-8-9-21-14-7-6-13(10-16-14)17-12-4-2-11(3-5-12)15(18)19/h6-7,10-12,17H,2-5,8-9H2,1H3,(H,18,19). The molecule has 2 N–H and O–H groups in total. The summed E-state index contributed by atoms with van der Waals surface area (Å²) >= 11 is 0.